The van der Waals surface area contributed by atoms with Crippen LogP contribution in [0.5, 0.6) is 0 Å². The monoisotopic (exact) mass is 1200 g/mol. The summed E-state index contributed by atoms with van der Waals surface area (Å²) in [5, 5.41) is 22.3. The number of benzene rings is 4. The minimum atomic E-state index is -4.52. The molecule has 9 heterocycles. The predicted octanol–water partition coefficient (Wildman–Crippen LogP) is 9.78. The molecule has 22 nitrogen and oxygen atoms in total. The first-order chi connectivity index (χ1) is 42.9. The number of nitrogens with zero attached hydrogens (tertiary/aromatic N) is 13. The van der Waals surface area contributed by atoms with E-state index in [0.29, 0.717) is 94.1 Å². The van der Waals surface area contributed by atoms with Crippen molar-refractivity contribution < 1.29 is 37.0 Å². The number of urea groups is 2. The second-order valence-corrected chi connectivity index (χ2v) is 21.9. The Bertz CT molecular complexity index is 3860. The average Bonchev–Trinajstić information content (AvgIpc) is 2.50. The first-order valence-electron chi connectivity index (χ1n) is 29.5. The number of carbonyl (C=O) groups excluding carboxylic acids is 3. The Labute approximate surface area is 505 Å². The van der Waals surface area contributed by atoms with Crippen LogP contribution in [0.15, 0.2) is 140 Å². The van der Waals surface area contributed by atoms with Gasteiger partial charge in [0.25, 0.3) is 5.91 Å². The number of hydrogen-bond donors (Lipinski definition) is 4. The highest BCUT2D eigenvalue weighted by molar-refractivity contribution is 6.00. The number of alkyl halides is 3. The number of para-hydroxylation sites is 1. The van der Waals surface area contributed by atoms with Crippen molar-refractivity contribution in [1.29, 1.82) is 0 Å². The lowest BCUT2D eigenvalue weighted by molar-refractivity contribution is -0.137. The third-order valence-electron chi connectivity index (χ3n) is 16.1. The highest BCUT2D eigenvalue weighted by Crippen LogP contribution is 2.36. The van der Waals surface area contributed by atoms with Gasteiger partial charge >= 0.3 is 18.2 Å². The Kier molecular flexibility index (Phi) is 17.7. The van der Waals surface area contributed by atoms with Crippen molar-refractivity contribution in [2.24, 2.45) is 0 Å². The molecular weight excluding hydrogens is 1130 g/mol. The summed E-state index contributed by atoms with van der Waals surface area (Å²) in [4.78, 5) is 70.0. The number of aromatic nitrogens is 9. The smallest absolute Gasteiger partial charge is 0.378 e. The maximum atomic E-state index is 13.2. The maximum Gasteiger partial charge on any atom is 0.416 e. The van der Waals surface area contributed by atoms with E-state index in [1.807, 2.05) is 96.1 Å². The largest absolute Gasteiger partial charge is 0.416 e. The van der Waals surface area contributed by atoms with E-state index in [0.717, 1.165) is 103 Å². The quantitative estimate of drug-likeness (QED) is 0.0892. The van der Waals surface area contributed by atoms with Gasteiger partial charge < -0.3 is 45.4 Å². The normalized spacial score (nSPS) is 16.2. The van der Waals surface area contributed by atoms with Gasteiger partial charge in [0, 0.05) is 112 Å². The summed E-state index contributed by atoms with van der Waals surface area (Å²) in [5.41, 5.74) is 5.60. The van der Waals surface area contributed by atoms with Crippen LogP contribution in [-0.2, 0) is 22.2 Å². The number of rotatable bonds is 12. The van der Waals surface area contributed by atoms with Crippen molar-refractivity contribution in [3.05, 3.63) is 157 Å². The molecule has 4 aliphatic heterocycles. The van der Waals surface area contributed by atoms with Crippen LogP contribution < -0.4 is 31.1 Å². The molecular formula is C63H66F3N17O5. The van der Waals surface area contributed by atoms with Crippen LogP contribution >= 0.6 is 0 Å². The van der Waals surface area contributed by atoms with Crippen LogP contribution in [0.3, 0.4) is 0 Å². The van der Waals surface area contributed by atoms with Gasteiger partial charge in [-0.15, -0.1) is 0 Å². The topological polar surface area (TPSA) is 231 Å². The number of nitrogens with one attached hydrogen (secondary N) is 4. The van der Waals surface area contributed by atoms with Gasteiger partial charge in [0.15, 0.2) is 22.9 Å². The molecule has 13 rings (SSSR count). The number of morpholine rings is 2. The zero-order chi connectivity index (χ0) is 60.6. The number of anilines is 5. The summed E-state index contributed by atoms with van der Waals surface area (Å²) in [6.45, 7) is 8.97. The molecule has 0 saturated carbocycles. The van der Waals surface area contributed by atoms with Crippen LogP contribution in [0.1, 0.15) is 59.3 Å². The molecule has 5 amide bonds. The van der Waals surface area contributed by atoms with Gasteiger partial charge in [-0.25, -0.2) is 38.9 Å². The van der Waals surface area contributed by atoms with Crippen molar-refractivity contribution in [3.8, 4) is 22.8 Å². The van der Waals surface area contributed by atoms with E-state index in [1.165, 1.54) is 17.7 Å². The summed E-state index contributed by atoms with van der Waals surface area (Å²) in [7, 11) is 1.54. The Hall–Kier alpha value is -9.59. The maximum absolute atomic E-state index is 13.2. The Balaban J connectivity index is 0.000000171. The highest BCUT2D eigenvalue weighted by atomic mass is 19.4. The second-order valence-electron chi connectivity index (χ2n) is 21.9. The fourth-order valence-electron chi connectivity index (χ4n) is 11.5. The van der Waals surface area contributed by atoms with E-state index in [-0.39, 0.29) is 29.7 Å². The van der Waals surface area contributed by atoms with Gasteiger partial charge in [0.05, 0.1) is 67.2 Å². The van der Waals surface area contributed by atoms with E-state index < -0.39 is 17.6 Å². The minimum absolute atomic E-state index is 0.0203. The SMILES string of the molecule is CNC(=O)Nc1ccc(-c2nc(N3CCOCC3)c3cnn(C4CCN(C(=O)c5cccc(C(F)(F)F)c5)CC4)c3n2)cc1.O=C(Nc1ccccc1)Nc1ccc(-c2nc(N3CCOCC3)c3cnn(C4CCN(Cc5cccnc5)CC4)c3n2)cc1. The standard InChI is InChI=1S/C33H35N9O2.C30H31F3N8O3/c43-33(36-26-6-2-1-3-7-26)37-27-10-8-25(9-11-27)30-38-31(41-17-19-44-20-18-41)29-22-35-42(32(29)39-30)28-12-15-40(16-13-28)23-24-5-4-14-34-21-24;1-34-29(43)36-22-7-5-19(6-8-22)25-37-26(39-13-15-44-16-14-39)24-18-35-41(27(24)38-25)23-9-11-40(12-10-23)28(42)20-3-2-4-21(17-20)30(31,32)33/h1-11,14,21-22,28H,12-13,15-20,23H2,(H2,36,37,43);2-8,17-18,23H,9-16H2,1H3,(H2,34,36,43). The lowest BCUT2D eigenvalue weighted by atomic mass is 10.0. The molecule has 88 heavy (non-hydrogen) atoms. The molecule has 9 aromatic rings. The molecule has 0 bridgehead atoms. The van der Waals surface area contributed by atoms with Crippen LogP contribution in [0.2, 0.25) is 0 Å². The third kappa shape index (κ3) is 13.7. The number of piperidine rings is 2. The molecule has 4 N–H and O–H groups in total. The van der Waals surface area contributed by atoms with Crippen LogP contribution in [0.4, 0.5) is 51.5 Å². The number of halogens is 3. The second kappa shape index (κ2) is 26.6. The van der Waals surface area contributed by atoms with Crippen molar-refractivity contribution in [3.63, 3.8) is 0 Å². The molecule has 0 atom stereocenters. The fourth-order valence-corrected chi connectivity index (χ4v) is 11.5. The fraction of sp³-hybridized carbons (Fsp3) is 0.333. The van der Waals surface area contributed by atoms with Gasteiger partial charge in [-0.1, -0.05) is 30.3 Å². The summed E-state index contributed by atoms with van der Waals surface area (Å²) in [6, 6.07) is 32.5. The lowest BCUT2D eigenvalue weighted by Crippen LogP contribution is -2.39. The van der Waals surface area contributed by atoms with Gasteiger partial charge in [0.1, 0.15) is 11.6 Å². The van der Waals surface area contributed by atoms with Crippen LogP contribution in [0, 0.1) is 0 Å². The van der Waals surface area contributed by atoms with E-state index in [9.17, 15) is 27.6 Å². The van der Waals surface area contributed by atoms with E-state index in [1.54, 1.807) is 30.3 Å². The number of likely N-dealkylation sites (tertiary alicyclic amines) is 2. The van der Waals surface area contributed by atoms with Gasteiger partial charge in [0.2, 0.25) is 0 Å². The lowest BCUT2D eigenvalue weighted by Gasteiger charge is -2.32. The van der Waals surface area contributed by atoms with Crippen molar-refractivity contribution in [2.45, 2.75) is 50.5 Å². The van der Waals surface area contributed by atoms with Gasteiger partial charge in [-0.05, 0) is 116 Å². The van der Waals surface area contributed by atoms with Gasteiger partial charge in [-0.2, -0.15) is 23.4 Å². The average molecular weight is 1200 g/mol. The molecule has 0 aliphatic carbocycles. The van der Waals surface area contributed by atoms with Crippen LogP contribution in [-0.4, -0.2) is 158 Å². The Morgan fingerprint density at radius 1 is 0.557 bits per heavy atom. The Morgan fingerprint density at radius 2 is 1.07 bits per heavy atom. The molecule has 0 unspecified atom stereocenters. The Morgan fingerprint density at radius 3 is 1.57 bits per heavy atom. The molecule has 25 heteroatoms. The predicted molar refractivity (Wildman–Crippen MR) is 328 cm³/mol. The number of fused-ring (bicyclic) bond motifs is 2. The number of pyridine rings is 1. The van der Waals surface area contributed by atoms with Crippen molar-refractivity contribution in [1.82, 2.24) is 59.6 Å². The summed E-state index contributed by atoms with van der Waals surface area (Å²) in [5.74, 6) is 2.36. The molecule has 4 saturated heterocycles. The van der Waals surface area contributed by atoms with Crippen molar-refractivity contribution in [2.75, 3.05) is 112 Å². The number of carbonyl (C=O) groups is 3. The summed E-state index contributed by atoms with van der Waals surface area (Å²) >= 11 is 0. The summed E-state index contributed by atoms with van der Waals surface area (Å²) in [6.07, 6.45) is 6.04. The molecule has 4 aromatic carbocycles. The van der Waals surface area contributed by atoms with Crippen LogP contribution in [0.25, 0.3) is 44.8 Å². The van der Waals surface area contributed by atoms with E-state index in [2.05, 4.69) is 51.7 Å². The van der Waals surface area contributed by atoms with Gasteiger partial charge in [-0.3, -0.25) is 14.7 Å². The number of ether oxygens (including phenoxy) is 2. The first-order valence-corrected chi connectivity index (χ1v) is 29.5. The zero-order valence-corrected chi connectivity index (χ0v) is 48.4. The molecule has 454 valence electrons. The molecule has 5 aromatic heterocycles. The van der Waals surface area contributed by atoms with E-state index >= 15 is 0 Å². The van der Waals surface area contributed by atoms with E-state index in [4.69, 9.17) is 39.6 Å². The highest BCUT2D eigenvalue weighted by Gasteiger charge is 2.33. The number of amides is 5. The van der Waals surface area contributed by atoms with Crippen molar-refractivity contribution >= 4 is 68.7 Å². The zero-order valence-electron chi connectivity index (χ0n) is 48.4. The molecule has 4 fully saturated rings. The molecule has 0 radical (unpaired) electrons. The third-order valence-corrected chi connectivity index (χ3v) is 16.1. The summed E-state index contributed by atoms with van der Waals surface area (Å²) < 4.78 is 54.8. The number of hydrogen-bond acceptors (Lipinski definition) is 15. The first kappa shape index (κ1) is 58.8. The minimum Gasteiger partial charge on any atom is -0.378 e. The molecule has 4 aliphatic rings. The molecule has 0 spiro atoms.